The number of hydrogen-bond acceptors (Lipinski definition) is 6. The summed E-state index contributed by atoms with van der Waals surface area (Å²) in [7, 11) is 0. The van der Waals surface area contributed by atoms with E-state index in [1.807, 2.05) is 22.9 Å². The van der Waals surface area contributed by atoms with Crippen molar-refractivity contribution in [3.8, 4) is 10.4 Å². The second-order valence-corrected chi connectivity index (χ2v) is 8.08. The molecule has 3 aromatic heterocycles. The molecular formula is C17H19N3O2S2. The first-order valence-corrected chi connectivity index (χ1v) is 9.78. The zero-order valence-corrected chi connectivity index (χ0v) is 15.2. The van der Waals surface area contributed by atoms with Crippen LogP contribution in [0.4, 0.5) is 0 Å². The Bertz CT molecular complexity index is 890. The van der Waals surface area contributed by atoms with Crippen LogP contribution in [0.25, 0.3) is 20.7 Å². The van der Waals surface area contributed by atoms with Crippen LogP contribution in [0.2, 0.25) is 0 Å². The molecule has 3 aromatic rings. The van der Waals surface area contributed by atoms with Gasteiger partial charge in [-0.3, -0.25) is 9.69 Å². The highest BCUT2D eigenvalue weighted by molar-refractivity contribution is 7.18. The Kier molecular flexibility index (Phi) is 4.26. The number of aromatic nitrogens is 2. The lowest BCUT2D eigenvalue weighted by Crippen LogP contribution is -2.45. The molecule has 5 nitrogen and oxygen atoms in total. The van der Waals surface area contributed by atoms with Gasteiger partial charge in [-0.15, -0.1) is 22.7 Å². The molecule has 1 saturated heterocycles. The molecule has 1 fully saturated rings. The van der Waals surface area contributed by atoms with E-state index in [9.17, 15) is 4.79 Å². The van der Waals surface area contributed by atoms with Gasteiger partial charge in [0, 0.05) is 28.9 Å². The van der Waals surface area contributed by atoms with Crippen molar-refractivity contribution in [1.29, 1.82) is 0 Å². The third kappa shape index (κ3) is 3.04. The third-order valence-corrected chi connectivity index (χ3v) is 5.92. The highest BCUT2D eigenvalue weighted by atomic mass is 32.1. The van der Waals surface area contributed by atoms with Crippen molar-refractivity contribution in [3.63, 3.8) is 0 Å². The molecule has 4 rings (SSSR count). The molecule has 0 amide bonds. The second-order valence-electron chi connectivity index (χ2n) is 6.27. The molecule has 7 heteroatoms. The van der Waals surface area contributed by atoms with E-state index in [4.69, 9.17) is 9.72 Å². The van der Waals surface area contributed by atoms with Gasteiger partial charge in [0.2, 0.25) is 0 Å². The van der Waals surface area contributed by atoms with E-state index in [-0.39, 0.29) is 17.8 Å². The lowest BCUT2D eigenvalue weighted by Gasteiger charge is -2.34. The van der Waals surface area contributed by atoms with Gasteiger partial charge in [0.25, 0.3) is 5.56 Å². The van der Waals surface area contributed by atoms with Gasteiger partial charge in [0.15, 0.2) is 0 Å². The molecule has 0 aromatic carbocycles. The molecule has 126 valence electrons. The van der Waals surface area contributed by atoms with Gasteiger partial charge in [-0.05, 0) is 25.3 Å². The van der Waals surface area contributed by atoms with Gasteiger partial charge in [-0.2, -0.15) is 0 Å². The number of H-pyrrole nitrogens is 1. The van der Waals surface area contributed by atoms with Crippen LogP contribution >= 0.6 is 22.7 Å². The van der Waals surface area contributed by atoms with Crippen molar-refractivity contribution in [2.24, 2.45) is 0 Å². The van der Waals surface area contributed by atoms with Crippen LogP contribution in [0.3, 0.4) is 0 Å². The second kappa shape index (κ2) is 6.40. The summed E-state index contributed by atoms with van der Waals surface area (Å²) in [6.45, 7) is 6.52. The van der Waals surface area contributed by atoms with Gasteiger partial charge < -0.3 is 9.72 Å². The monoisotopic (exact) mass is 361 g/mol. The molecule has 1 N–H and O–H groups in total. The average Bonchev–Trinajstić information content (AvgIpc) is 3.14. The zero-order valence-electron chi connectivity index (χ0n) is 13.6. The summed E-state index contributed by atoms with van der Waals surface area (Å²) in [6.07, 6.45) is 0.410. The van der Waals surface area contributed by atoms with Gasteiger partial charge in [0.05, 0.1) is 24.1 Å². The predicted molar refractivity (Wildman–Crippen MR) is 98.8 cm³/mol. The summed E-state index contributed by atoms with van der Waals surface area (Å²) in [5.41, 5.74) is 0.938. The number of fused-ring (bicyclic) bond motifs is 1. The normalized spacial score (nSPS) is 22.2. The summed E-state index contributed by atoms with van der Waals surface area (Å²) in [4.78, 5) is 24.5. The topological polar surface area (TPSA) is 58.2 Å². The number of thiophene rings is 2. The molecule has 0 bridgehead atoms. The van der Waals surface area contributed by atoms with Crippen LogP contribution in [0.5, 0.6) is 0 Å². The average molecular weight is 361 g/mol. The predicted octanol–water partition coefficient (Wildman–Crippen LogP) is 3.32. The molecule has 1 aliphatic rings. The number of nitrogens with zero attached hydrogens (tertiary/aromatic N) is 2. The maximum atomic E-state index is 12.6. The minimum atomic E-state index is -0.0472. The standard InChI is InChI=1S/C17H19N3O2S2/c1-10-6-20(7-11(2)22-10)8-14-18-16(21)15-12(9-24-17(15)19-14)13-4-3-5-23-13/h3-5,9-11H,6-8H2,1-2H3,(H,18,19,21). The van der Waals surface area contributed by atoms with Crippen LogP contribution < -0.4 is 5.56 Å². The van der Waals surface area contributed by atoms with E-state index in [0.717, 1.165) is 34.2 Å². The highest BCUT2D eigenvalue weighted by Gasteiger charge is 2.23. The lowest BCUT2D eigenvalue weighted by molar-refractivity contribution is -0.0710. The lowest BCUT2D eigenvalue weighted by atomic mass is 10.2. The fourth-order valence-electron chi connectivity index (χ4n) is 3.31. The molecular weight excluding hydrogens is 342 g/mol. The Balaban J connectivity index is 1.65. The smallest absolute Gasteiger partial charge is 0.260 e. The summed E-state index contributed by atoms with van der Waals surface area (Å²) in [5, 5.41) is 4.76. The Morgan fingerprint density at radius 3 is 2.83 bits per heavy atom. The Labute approximate surface area is 147 Å². The first kappa shape index (κ1) is 16.0. The molecule has 0 spiro atoms. The van der Waals surface area contributed by atoms with Crippen LogP contribution in [-0.2, 0) is 11.3 Å². The van der Waals surface area contributed by atoms with Crippen molar-refractivity contribution < 1.29 is 4.74 Å². The number of hydrogen-bond donors (Lipinski definition) is 1. The van der Waals surface area contributed by atoms with E-state index in [0.29, 0.717) is 11.9 Å². The van der Waals surface area contributed by atoms with Crippen molar-refractivity contribution in [2.75, 3.05) is 13.1 Å². The van der Waals surface area contributed by atoms with Crippen molar-refractivity contribution >= 4 is 32.9 Å². The van der Waals surface area contributed by atoms with E-state index in [1.165, 1.54) is 11.3 Å². The maximum Gasteiger partial charge on any atom is 0.260 e. The van der Waals surface area contributed by atoms with E-state index in [2.05, 4.69) is 23.7 Å². The Morgan fingerprint density at radius 2 is 2.12 bits per heavy atom. The summed E-state index contributed by atoms with van der Waals surface area (Å²) in [6, 6.07) is 4.04. The molecule has 2 unspecified atom stereocenters. The fraction of sp³-hybridized carbons (Fsp3) is 0.412. The van der Waals surface area contributed by atoms with Crippen LogP contribution in [0, 0.1) is 0 Å². The third-order valence-electron chi connectivity index (χ3n) is 4.15. The van der Waals surface area contributed by atoms with Crippen LogP contribution in [0.1, 0.15) is 19.7 Å². The summed E-state index contributed by atoms with van der Waals surface area (Å²) >= 11 is 3.18. The maximum absolute atomic E-state index is 12.6. The van der Waals surface area contributed by atoms with Crippen LogP contribution in [0.15, 0.2) is 27.7 Å². The van der Waals surface area contributed by atoms with Crippen molar-refractivity contribution in [3.05, 3.63) is 39.1 Å². The van der Waals surface area contributed by atoms with Gasteiger partial charge in [-0.25, -0.2) is 4.98 Å². The van der Waals surface area contributed by atoms with Crippen LogP contribution in [-0.4, -0.2) is 40.2 Å². The number of ether oxygens (including phenoxy) is 1. The zero-order chi connectivity index (χ0) is 16.7. The van der Waals surface area contributed by atoms with Gasteiger partial charge >= 0.3 is 0 Å². The molecule has 0 radical (unpaired) electrons. The summed E-state index contributed by atoms with van der Waals surface area (Å²) < 4.78 is 5.76. The molecule has 1 aliphatic heterocycles. The highest BCUT2D eigenvalue weighted by Crippen LogP contribution is 2.33. The number of aromatic amines is 1. The van der Waals surface area contributed by atoms with E-state index in [1.54, 1.807) is 11.3 Å². The molecule has 4 heterocycles. The van der Waals surface area contributed by atoms with Gasteiger partial charge in [0.1, 0.15) is 10.7 Å². The summed E-state index contributed by atoms with van der Waals surface area (Å²) in [5.74, 6) is 0.730. The first-order chi connectivity index (χ1) is 11.6. The fourth-order valence-corrected chi connectivity index (χ4v) is 5.09. The SMILES string of the molecule is CC1CN(Cc2nc3scc(-c4cccs4)c3c(=O)[nH]2)CC(C)O1. The minimum Gasteiger partial charge on any atom is -0.373 e. The van der Waals surface area contributed by atoms with Crippen molar-refractivity contribution in [1.82, 2.24) is 14.9 Å². The number of nitrogens with one attached hydrogen (secondary N) is 1. The van der Waals surface area contributed by atoms with Crippen molar-refractivity contribution in [2.45, 2.75) is 32.6 Å². The number of morpholine rings is 1. The molecule has 0 saturated carbocycles. The Morgan fingerprint density at radius 1 is 1.33 bits per heavy atom. The molecule has 2 atom stereocenters. The van der Waals surface area contributed by atoms with Gasteiger partial charge in [-0.1, -0.05) is 6.07 Å². The first-order valence-electron chi connectivity index (χ1n) is 8.02. The minimum absolute atomic E-state index is 0.0472. The number of rotatable bonds is 3. The Hall–Kier alpha value is -1.54. The molecule has 24 heavy (non-hydrogen) atoms. The van der Waals surface area contributed by atoms with E-state index < -0.39 is 0 Å². The van der Waals surface area contributed by atoms with E-state index >= 15 is 0 Å². The largest absolute Gasteiger partial charge is 0.373 e. The molecule has 0 aliphatic carbocycles. The quantitative estimate of drug-likeness (QED) is 0.777.